The number of nitrogens with zero attached hydrogens (tertiary/aromatic N) is 2. The van der Waals surface area contributed by atoms with Crippen LogP contribution in [0.2, 0.25) is 16.6 Å². The number of para-hydroxylation sites is 1. The summed E-state index contributed by atoms with van der Waals surface area (Å²) in [4.78, 5) is 23.7. The summed E-state index contributed by atoms with van der Waals surface area (Å²) in [5, 5.41) is 6.67. The van der Waals surface area contributed by atoms with Gasteiger partial charge in [0.1, 0.15) is 5.75 Å². The number of amides is 2. The van der Waals surface area contributed by atoms with Crippen molar-refractivity contribution in [2.75, 3.05) is 0 Å². The molecule has 2 amide bonds. The molecular weight excluding hydrogens is 324 g/mol. The van der Waals surface area contributed by atoms with Gasteiger partial charge in [-0.3, -0.25) is 0 Å². The molecule has 132 valence electrons. The van der Waals surface area contributed by atoms with Gasteiger partial charge in [0.15, 0.2) is 0 Å². The van der Waals surface area contributed by atoms with Gasteiger partial charge < -0.3 is 9.16 Å². The summed E-state index contributed by atoms with van der Waals surface area (Å²) < 4.78 is 10.7. The SMILES string of the molecule is CC(C)[Si](OC(=O)N=NC(=O)Oc1ccccc1)(C(C)C)C(C)C. The van der Waals surface area contributed by atoms with E-state index in [1.54, 1.807) is 30.3 Å². The second-order valence-corrected chi connectivity index (χ2v) is 11.9. The molecule has 0 heterocycles. The number of ether oxygens (including phenoxy) is 1. The zero-order valence-corrected chi connectivity index (χ0v) is 16.1. The highest BCUT2D eigenvalue weighted by Crippen LogP contribution is 2.42. The van der Waals surface area contributed by atoms with Crippen molar-refractivity contribution in [3.63, 3.8) is 0 Å². The maximum absolute atomic E-state index is 12.1. The molecule has 0 bridgehead atoms. The molecule has 0 aliphatic carbocycles. The smallest absolute Gasteiger partial charge is 0.458 e. The van der Waals surface area contributed by atoms with Crippen molar-refractivity contribution in [3.05, 3.63) is 30.3 Å². The van der Waals surface area contributed by atoms with E-state index in [0.29, 0.717) is 5.75 Å². The first-order valence-corrected chi connectivity index (χ1v) is 10.3. The minimum Gasteiger partial charge on any atom is -0.500 e. The summed E-state index contributed by atoms with van der Waals surface area (Å²) >= 11 is 0. The molecule has 0 saturated heterocycles. The fourth-order valence-electron chi connectivity index (χ4n) is 3.22. The van der Waals surface area contributed by atoms with Crippen LogP contribution in [0, 0.1) is 0 Å². The van der Waals surface area contributed by atoms with Gasteiger partial charge in [-0.15, -0.1) is 0 Å². The van der Waals surface area contributed by atoms with Gasteiger partial charge in [0.25, 0.3) is 8.32 Å². The predicted molar refractivity (Wildman–Crippen MR) is 94.9 cm³/mol. The standard InChI is InChI=1S/C17H26N2O4Si/c1-12(2)24(13(3)4,14(5)6)23-17(21)19-18-16(20)22-15-10-8-7-9-11-15/h7-14H,1-6H3. The number of benzene rings is 1. The third kappa shape index (κ3) is 4.99. The number of carbonyl (C=O) groups is 2. The molecule has 1 rings (SSSR count). The Morgan fingerprint density at radius 2 is 1.29 bits per heavy atom. The first kappa shape index (κ1) is 20.0. The number of carbonyl (C=O) groups excluding carboxylic acids is 2. The van der Waals surface area contributed by atoms with E-state index in [9.17, 15) is 9.59 Å². The second-order valence-electron chi connectivity index (χ2n) is 6.57. The van der Waals surface area contributed by atoms with Crippen LogP contribution in [0.25, 0.3) is 0 Å². The topological polar surface area (TPSA) is 77.3 Å². The van der Waals surface area contributed by atoms with Crippen molar-refractivity contribution in [2.45, 2.75) is 58.2 Å². The van der Waals surface area contributed by atoms with E-state index in [2.05, 4.69) is 51.8 Å². The van der Waals surface area contributed by atoms with E-state index in [1.165, 1.54) is 0 Å². The average Bonchev–Trinajstić information content (AvgIpc) is 2.50. The van der Waals surface area contributed by atoms with Crippen LogP contribution in [0.1, 0.15) is 41.5 Å². The Bertz CT molecular complexity index is 564. The zero-order chi connectivity index (χ0) is 18.3. The summed E-state index contributed by atoms with van der Waals surface area (Å²) in [5.74, 6) is 0.338. The molecule has 0 aliphatic heterocycles. The molecule has 0 spiro atoms. The third-order valence-corrected chi connectivity index (χ3v) is 10.1. The van der Waals surface area contributed by atoms with Crippen molar-refractivity contribution in [3.8, 4) is 5.75 Å². The molecular formula is C17H26N2O4Si. The van der Waals surface area contributed by atoms with Crippen LogP contribution in [-0.2, 0) is 4.43 Å². The largest absolute Gasteiger partial charge is 0.500 e. The van der Waals surface area contributed by atoms with Gasteiger partial charge in [-0.25, -0.2) is 9.59 Å². The molecule has 0 N–H and O–H groups in total. The van der Waals surface area contributed by atoms with Crippen LogP contribution in [0.3, 0.4) is 0 Å². The Morgan fingerprint density at radius 1 is 0.833 bits per heavy atom. The molecule has 0 aliphatic rings. The summed E-state index contributed by atoms with van der Waals surface area (Å²) in [7, 11) is -2.39. The summed E-state index contributed by atoms with van der Waals surface area (Å²) in [6.45, 7) is 12.3. The predicted octanol–water partition coefficient (Wildman–Crippen LogP) is 5.95. The lowest BCUT2D eigenvalue weighted by Gasteiger charge is -2.40. The number of rotatable bonds is 5. The Balaban J connectivity index is 2.77. The highest BCUT2D eigenvalue weighted by atomic mass is 28.4. The molecule has 7 heteroatoms. The van der Waals surface area contributed by atoms with Crippen LogP contribution < -0.4 is 4.74 Å². The minimum absolute atomic E-state index is 0.230. The van der Waals surface area contributed by atoms with Crippen molar-refractivity contribution in [2.24, 2.45) is 10.2 Å². The summed E-state index contributed by atoms with van der Waals surface area (Å²) in [6, 6.07) is 8.47. The van der Waals surface area contributed by atoms with Crippen molar-refractivity contribution in [1.82, 2.24) is 0 Å². The molecule has 0 atom stereocenters. The van der Waals surface area contributed by atoms with Gasteiger partial charge in [-0.2, -0.15) is 0 Å². The summed E-state index contributed by atoms with van der Waals surface area (Å²) in [6.07, 6.45) is -1.79. The van der Waals surface area contributed by atoms with Crippen LogP contribution in [-0.4, -0.2) is 20.5 Å². The normalized spacial score (nSPS) is 12.2. The Labute approximate surface area is 144 Å². The van der Waals surface area contributed by atoms with E-state index in [4.69, 9.17) is 9.16 Å². The molecule has 1 aromatic rings. The van der Waals surface area contributed by atoms with Crippen molar-refractivity contribution in [1.29, 1.82) is 0 Å². The first-order valence-electron chi connectivity index (χ1n) is 8.11. The monoisotopic (exact) mass is 350 g/mol. The van der Waals surface area contributed by atoms with E-state index in [0.717, 1.165) is 0 Å². The lowest BCUT2D eigenvalue weighted by molar-refractivity contribution is 0.196. The molecule has 6 nitrogen and oxygen atoms in total. The molecule has 0 unspecified atom stereocenters. The van der Waals surface area contributed by atoms with E-state index in [-0.39, 0.29) is 16.6 Å². The van der Waals surface area contributed by atoms with E-state index in [1.807, 2.05) is 0 Å². The van der Waals surface area contributed by atoms with E-state index < -0.39 is 20.5 Å². The highest BCUT2D eigenvalue weighted by molar-refractivity contribution is 6.78. The van der Waals surface area contributed by atoms with Gasteiger partial charge in [-0.1, -0.05) is 70.0 Å². The van der Waals surface area contributed by atoms with E-state index >= 15 is 0 Å². The maximum atomic E-state index is 12.1. The number of hydrogen-bond donors (Lipinski definition) is 0. The average molecular weight is 350 g/mol. The lowest BCUT2D eigenvalue weighted by atomic mass is 10.3. The van der Waals surface area contributed by atoms with Crippen molar-refractivity contribution >= 4 is 20.5 Å². The van der Waals surface area contributed by atoms with Gasteiger partial charge in [0, 0.05) is 0 Å². The quantitative estimate of drug-likeness (QED) is 0.485. The Morgan fingerprint density at radius 3 is 1.75 bits per heavy atom. The Kier molecular flexibility index (Phi) is 7.28. The van der Waals surface area contributed by atoms with Gasteiger partial charge >= 0.3 is 12.2 Å². The zero-order valence-electron chi connectivity index (χ0n) is 15.1. The van der Waals surface area contributed by atoms with Crippen molar-refractivity contribution < 1.29 is 18.8 Å². The highest BCUT2D eigenvalue weighted by Gasteiger charge is 2.48. The fourth-order valence-corrected chi connectivity index (χ4v) is 8.27. The molecule has 0 aromatic heterocycles. The Hall–Kier alpha value is -2.02. The molecule has 1 aromatic carbocycles. The van der Waals surface area contributed by atoms with Crippen LogP contribution in [0.15, 0.2) is 40.6 Å². The van der Waals surface area contributed by atoms with Crippen LogP contribution in [0.5, 0.6) is 5.75 Å². The number of azo groups is 1. The number of hydrogen-bond acceptors (Lipinski definition) is 4. The fraction of sp³-hybridized carbons (Fsp3) is 0.529. The second kappa shape index (κ2) is 8.72. The third-order valence-electron chi connectivity index (χ3n) is 4.13. The van der Waals surface area contributed by atoms with Gasteiger partial charge in [-0.05, 0) is 28.8 Å². The minimum atomic E-state index is -2.39. The van der Waals surface area contributed by atoms with Gasteiger partial charge in [0.2, 0.25) is 0 Å². The van der Waals surface area contributed by atoms with Gasteiger partial charge in [0.05, 0.1) is 0 Å². The molecule has 0 radical (unpaired) electrons. The lowest BCUT2D eigenvalue weighted by Crippen LogP contribution is -2.48. The maximum Gasteiger partial charge on any atom is 0.458 e. The summed E-state index contributed by atoms with van der Waals surface area (Å²) in [5.41, 5.74) is 0.689. The molecule has 24 heavy (non-hydrogen) atoms. The first-order chi connectivity index (χ1) is 11.2. The van der Waals surface area contributed by atoms with Crippen LogP contribution in [0.4, 0.5) is 9.59 Å². The molecule has 0 fully saturated rings. The molecule has 0 saturated carbocycles. The van der Waals surface area contributed by atoms with Crippen LogP contribution >= 0.6 is 0 Å².